The molecular formula is C41H24BrN3O. The quantitative estimate of drug-likeness (QED) is 0.178. The summed E-state index contributed by atoms with van der Waals surface area (Å²) in [5, 5.41) is 2.16. The molecule has 0 unspecified atom stereocenters. The van der Waals surface area contributed by atoms with Gasteiger partial charge in [0.15, 0.2) is 17.5 Å². The molecule has 0 N–H and O–H groups in total. The third-order valence-corrected chi connectivity index (χ3v) is 11.0. The zero-order valence-electron chi connectivity index (χ0n) is 24.5. The first-order chi connectivity index (χ1) is 22.7. The summed E-state index contributed by atoms with van der Waals surface area (Å²) in [6.07, 6.45) is 0. The minimum Gasteiger partial charge on any atom is -0.456 e. The highest BCUT2D eigenvalue weighted by molar-refractivity contribution is 9.10. The number of rotatable bonds is 3. The van der Waals surface area contributed by atoms with Crippen molar-refractivity contribution in [3.63, 3.8) is 0 Å². The van der Waals surface area contributed by atoms with Crippen molar-refractivity contribution >= 4 is 37.9 Å². The van der Waals surface area contributed by atoms with Gasteiger partial charge in [-0.05, 0) is 51.6 Å². The molecule has 4 nitrogen and oxygen atoms in total. The van der Waals surface area contributed by atoms with E-state index in [-0.39, 0.29) is 0 Å². The second-order valence-electron chi connectivity index (χ2n) is 12.0. The third kappa shape index (κ3) is 3.25. The summed E-state index contributed by atoms with van der Waals surface area (Å²) in [6, 6.07) is 50.8. The van der Waals surface area contributed by atoms with Crippen molar-refractivity contribution in [1.82, 2.24) is 15.0 Å². The zero-order chi connectivity index (χ0) is 30.5. The molecule has 46 heavy (non-hydrogen) atoms. The van der Waals surface area contributed by atoms with Gasteiger partial charge in [0.1, 0.15) is 20.9 Å². The average molecular weight is 655 g/mol. The normalized spacial score (nSPS) is 19.2. The standard InChI is InChI=1S/C41H24BrN3O/c42-41-32-18-8-5-15-29(32)40(30-16-6-9-19-33(30)41,31-17-7-10-20-34(31)41)39-44-37(25-12-2-1-3-13-25)43-38(45-39)26-22-23-28-27-14-4-11-21-35(27)46-36(28)24-26/h1-24H. The molecule has 8 aromatic rings. The number of hydrogen-bond donors (Lipinski definition) is 0. The summed E-state index contributed by atoms with van der Waals surface area (Å²) < 4.78 is 5.81. The van der Waals surface area contributed by atoms with Gasteiger partial charge in [-0.15, -0.1) is 0 Å². The fourth-order valence-electron chi connectivity index (χ4n) is 7.82. The van der Waals surface area contributed by atoms with E-state index in [9.17, 15) is 0 Å². The molecule has 2 heterocycles. The molecule has 0 fully saturated rings. The summed E-state index contributed by atoms with van der Waals surface area (Å²) in [4.78, 5) is 15.9. The number of hydrogen-bond acceptors (Lipinski definition) is 4. The molecule has 0 amide bonds. The molecule has 11 rings (SSSR count). The maximum atomic E-state index is 6.30. The van der Waals surface area contributed by atoms with Gasteiger partial charge in [0.05, 0.1) is 0 Å². The molecular weight excluding hydrogens is 630 g/mol. The van der Waals surface area contributed by atoms with Crippen LogP contribution in [0, 0.1) is 0 Å². The van der Waals surface area contributed by atoms with E-state index in [0.717, 1.165) is 33.1 Å². The Bertz CT molecular complexity index is 2400. The lowest BCUT2D eigenvalue weighted by molar-refractivity contribution is 0.579. The van der Waals surface area contributed by atoms with Crippen molar-refractivity contribution in [3.8, 4) is 22.8 Å². The summed E-state index contributed by atoms with van der Waals surface area (Å²) in [5.41, 5.74) is 9.87. The van der Waals surface area contributed by atoms with Crippen LogP contribution >= 0.6 is 15.9 Å². The van der Waals surface area contributed by atoms with E-state index in [1.165, 1.54) is 33.4 Å². The monoisotopic (exact) mass is 653 g/mol. The SMILES string of the molecule is BrC12c3ccccc3C(c3nc(-c4ccccc4)nc(-c4ccc5c(c4)oc4ccccc45)n3)(c3ccccc31)c1ccccc12. The molecule has 0 radical (unpaired) electrons. The average Bonchev–Trinajstić information content (AvgIpc) is 3.50. The molecule has 216 valence electrons. The number of aromatic nitrogens is 3. The van der Waals surface area contributed by atoms with Crippen LogP contribution in [0.4, 0.5) is 0 Å². The first kappa shape index (κ1) is 25.9. The lowest BCUT2D eigenvalue weighted by atomic mass is 9.52. The number of furan rings is 1. The van der Waals surface area contributed by atoms with Crippen molar-refractivity contribution < 1.29 is 4.42 Å². The van der Waals surface area contributed by atoms with Crippen LogP contribution < -0.4 is 0 Å². The Hall–Kier alpha value is -5.39. The minimum atomic E-state index is -0.760. The van der Waals surface area contributed by atoms with E-state index in [0.29, 0.717) is 17.5 Å². The number of alkyl halides is 1. The summed E-state index contributed by atoms with van der Waals surface area (Å²) in [6.45, 7) is 0. The van der Waals surface area contributed by atoms with Gasteiger partial charge in [0.2, 0.25) is 0 Å². The van der Waals surface area contributed by atoms with E-state index in [4.69, 9.17) is 19.4 Å². The number of nitrogens with zero attached hydrogens (tertiary/aromatic N) is 3. The van der Waals surface area contributed by atoms with Crippen LogP contribution in [-0.4, -0.2) is 15.0 Å². The van der Waals surface area contributed by atoms with E-state index in [1.807, 2.05) is 36.4 Å². The second-order valence-corrected chi connectivity index (χ2v) is 13.2. The maximum absolute atomic E-state index is 6.30. The Morgan fingerprint density at radius 1 is 0.435 bits per heavy atom. The second kappa shape index (κ2) is 9.32. The Morgan fingerprint density at radius 2 is 0.935 bits per heavy atom. The number of halogens is 1. The molecule has 0 atom stereocenters. The molecule has 6 aromatic carbocycles. The highest BCUT2D eigenvalue weighted by Gasteiger charge is 2.60. The van der Waals surface area contributed by atoms with Gasteiger partial charge in [-0.2, -0.15) is 0 Å². The highest BCUT2D eigenvalue weighted by Crippen LogP contribution is 2.65. The smallest absolute Gasteiger partial charge is 0.163 e. The van der Waals surface area contributed by atoms with Gasteiger partial charge in [0.25, 0.3) is 0 Å². The van der Waals surface area contributed by atoms with Gasteiger partial charge >= 0.3 is 0 Å². The number of para-hydroxylation sites is 1. The number of benzene rings is 6. The van der Waals surface area contributed by atoms with Gasteiger partial charge < -0.3 is 4.42 Å². The lowest BCUT2D eigenvalue weighted by Gasteiger charge is -2.53. The van der Waals surface area contributed by atoms with Gasteiger partial charge in [-0.3, -0.25) is 0 Å². The van der Waals surface area contributed by atoms with Gasteiger partial charge in [-0.1, -0.05) is 143 Å². The van der Waals surface area contributed by atoms with Crippen LogP contribution in [0.2, 0.25) is 0 Å². The van der Waals surface area contributed by atoms with Crippen LogP contribution in [0.3, 0.4) is 0 Å². The molecule has 2 bridgehead atoms. The van der Waals surface area contributed by atoms with Crippen LogP contribution in [0.5, 0.6) is 0 Å². The zero-order valence-corrected chi connectivity index (χ0v) is 26.1. The van der Waals surface area contributed by atoms with E-state index >= 15 is 0 Å². The highest BCUT2D eigenvalue weighted by atomic mass is 79.9. The summed E-state index contributed by atoms with van der Waals surface area (Å²) in [7, 11) is 0. The molecule has 0 saturated heterocycles. The van der Waals surface area contributed by atoms with Gasteiger partial charge in [0, 0.05) is 21.9 Å². The maximum Gasteiger partial charge on any atom is 0.163 e. The molecule has 0 aliphatic heterocycles. The molecule has 0 spiro atoms. The van der Waals surface area contributed by atoms with Crippen LogP contribution in [0.25, 0.3) is 44.7 Å². The van der Waals surface area contributed by atoms with Crippen LogP contribution in [-0.2, 0) is 9.74 Å². The fraction of sp³-hybridized carbons (Fsp3) is 0.0488. The molecule has 5 heteroatoms. The molecule has 3 aliphatic carbocycles. The first-order valence-electron chi connectivity index (χ1n) is 15.4. The molecule has 2 aromatic heterocycles. The Balaban J connectivity index is 1.32. The van der Waals surface area contributed by atoms with E-state index < -0.39 is 9.74 Å². The van der Waals surface area contributed by atoms with E-state index in [2.05, 4.69) is 125 Å². The van der Waals surface area contributed by atoms with Crippen LogP contribution in [0.1, 0.15) is 39.2 Å². The fourth-order valence-corrected chi connectivity index (χ4v) is 8.85. The summed E-state index contributed by atoms with van der Waals surface area (Å²) >= 11 is 4.30. The Kier molecular flexibility index (Phi) is 5.24. The number of fused-ring (bicyclic) bond motifs is 3. The van der Waals surface area contributed by atoms with Crippen molar-refractivity contribution in [2.75, 3.05) is 0 Å². The predicted octanol–water partition coefficient (Wildman–Crippen LogP) is 9.80. The minimum absolute atomic E-state index is 0.483. The van der Waals surface area contributed by atoms with Gasteiger partial charge in [-0.25, -0.2) is 15.0 Å². The Labute approximate surface area is 273 Å². The Morgan fingerprint density at radius 3 is 1.57 bits per heavy atom. The molecule has 3 aliphatic rings. The van der Waals surface area contributed by atoms with Crippen molar-refractivity contribution in [1.29, 1.82) is 0 Å². The predicted molar refractivity (Wildman–Crippen MR) is 185 cm³/mol. The summed E-state index contributed by atoms with van der Waals surface area (Å²) in [5.74, 6) is 1.94. The van der Waals surface area contributed by atoms with E-state index in [1.54, 1.807) is 0 Å². The molecule has 0 saturated carbocycles. The van der Waals surface area contributed by atoms with Crippen molar-refractivity contribution in [3.05, 3.63) is 185 Å². The topological polar surface area (TPSA) is 51.8 Å². The van der Waals surface area contributed by atoms with Crippen LogP contribution in [0.15, 0.2) is 150 Å². The van der Waals surface area contributed by atoms with Crippen molar-refractivity contribution in [2.45, 2.75) is 9.74 Å². The lowest BCUT2D eigenvalue weighted by Crippen LogP contribution is -2.49. The van der Waals surface area contributed by atoms with Crippen molar-refractivity contribution in [2.24, 2.45) is 0 Å². The third-order valence-electron chi connectivity index (χ3n) is 9.75. The largest absolute Gasteiger partial charge is 0.456 e. The first-order valence-corrected chi connectivity index (χ1v) is 16.2.